The van der Waals surface area contributed by atoms with Gasteiger partial charge < -0.3 is 4.90 Å². The molecule has 0 aromatic carbocycles. The highest BCUT2D eigenvalue weighted by atomic mass is 15.0. The van der Waals surface area contributed by atoms with E-state index in [2.05, 4.69) is 38.9 Å². The molecule has 0 amide bonds. The van der Waals surface area contributed by atoms with Crippen molar-refractivity contribution in [2.24, 2.45) is 0 Å². The lowest BCUT2D eigenvalue weighted by molar-refractivity contribution is 0.414. The first-order valence-electron chi connectivity index (χ1n) is 4.61. The Bertz CT molecular complexity index is 221. The number of rotatable bonds is 3. The SMILES string of the molecule is CC1=C(C)C(CCN(C)C)=CC1. The summed E-state index contributed by atoms with van der Waals surface area (Å²) in [5.74, 6) is 0. The molecule has 1 nitrogen and oxygen atoms in total. The highest BCUT2D eigenvalue weighted by Gasteiger charge is 2.09. The van der Waals surface area contributed by atoms with E-state index in [1.165, 1.54) is 18.4 Å². The Hall–Kier alpha value is -0.560. The lowest BCUT2D eigenvalue weighted by atomic mass is 10.1. The second-order valence-electron chi connectivity index (χ2n) is 3.89. The molecule has 12 heavy (non-hydrogen) atoms. The molecule has 1 rings (SSSR count). The highest BCUT2D eigenvalue weighted by Crippen LogP contribution is 2.27. The first kappa shape index (κ1) is 9.53. The third kappa shape index (κ3) is 2.21. The minimum atomic E-state index is 1.16. The summed E-state index contributed by atoms with van der Waals surface area (Å²) < 4.78 is 0. The van der Waals surface area contributed by atoms with E-state index in [1.807, 2.05) is 0 Å². The van der Waals surface area contributed by atoms with Gasteiger partial charge in [0, 0.05) is 6.54 Å². The van der Waals surface area contributed by atoms with Crippen molar-refractivity contribution < 1.29 is 0 Å². The van der Waals surface area contributed by atoms with Gasteiger partial charge in [0.15, 0.2) is 0 Å². The van der Waals surface area contributed by atoms with E-state index in [4.69, 9.17) is 0 Å². The van der Waals surface area contributed by atoms with Gasteiger partial charge in [0.05, 0.1) is 0 Å². The second kappa shape index (κ2) is 3.90. The number of hydrogen-bond donors (Lipinski definition) is 0. The molecule has 1 aliphatic carbocycles. The Morgan fingerprint density at radius 1 is 1.33 bits per heavy atom. The van der Waals surface area contributed by atoms with Gasteiger partial charge in [-0.1, -0.05) is 11.6 Å². The maximum atomic E-state index is 2.37. The van der Waals surface area contributed by atoms with Gasteiger partial charge in [-0.05, 0) is 51.9 Å². The van der Waals surface area contributed by atoms with Crippen LogP contribution in [0.2, 0.25) is 0 Å². The minimum absolute atomic E-state index is 1.16. The van der Waals surface area contributed by atoms with Crippen molar-refractivity contribution in [2.45, 2.75) is 26.7 Å². The summed E-state index contributed by atoms with van der Waals surface area (Å²) in [5, 5.41) is 0. The molecular weight excluding hydrogens is 146 g/mol. The van der Waals surface area contributed by atoms with Crippen LogP contribution in [0.4, 0.5) is 0 Å². The maximum absolute atomic E-state index is 2.37. The van der Waals surface area contributed by atoms with E-state index in [0.717, 1.165) is 6.54 Å². The minimum Gasteiger partial charge on any atom is -0.309 e. The van der Waals surface area contributed by atoms with Gasteiger partial charge >= 0.3 is 0 Å². The first-order chi connectivity index (χ1) is 5.61. The van der Waals surface area contributed by atoms with Crippen molar-refractivity contribution in [1.29, 1.82) is 0 Å². The molecule has 0 bridgehead atoms. The average Bonchev–Trinajstić information content (AvgIpc) is 2.30. The molecule has 0 atom stereocenters. The molecule has 1 heteroatoms. The Balaban J connectivity index is 2.45. The largest absolute Gasteiger partial charge is 0.309 e. The molecule has 0 saturated heterocycles. The third-order valence-corrected chi connectivity index (χ3v) is 2.60. The van der Waals surface area contributed by atoms with Crippen LogP contribution in [0.25, 0.3) is 0 Å². The van der Waals surface area contributed by atoms with Gasteiger partial charge in [-0.3, -0.25) is 0 Å². The molecule has 1 aliphatic rings. The summed E-state index contributed by atoms with van der Waals surface area (Å²) >= 11 is 0. The fourth-order valence-electron chi connectivity index (χ4n) is 1.49. The van der Waals surface area contributed by atoms with Crippen molar-refractivity contribution in [3.63, 3.8) is 0 Å². The molecule has 68 valence electrons. The lowest BCUT2D eigenvalue weighted by Crippen LogP contribution is -2.13. The smallest absolute Gasteiger partial charge is 0.00157 e. The molecule has 0 aromatic rings. The predicted molar refractivity (Wildman–Crippen MR) is 54.2 cm³/mol. The van der Waals surface area contributed by atoms with Crippen molar-refractivity contribution in [3.05, 3.63) is 22.8 Å². The van der Waals surface area contributed by atoms with Crippen LogP contribution in [0, 0.1) is 0 Å². The molecule has 0 aromatic heterocycles. The van der Waals surface area contributed by atoms with Gasteiger partial charge in [0.2, 0.25) is 0 Å². The summed E-state index contributed by atoms with van der Waals surface area (Å²) in [6.07, 6.45) is 4.75. The maximum Gasteiger partial charge on any atom is 0.00157 e. The van der Waals surface area contributed by atoms with Crippen LogP contribution in [0.1, 0.15) is 26.7 Å². The Kier molecular flexibility index (Phi) is 3.10. The molecule has 0 aliphatic heterocycles. The summed E-state index contributed by atoms with van der Waals surface area (Å²) in [4.78, 5) is 2.24. The quantitative estimate of drug-likeness (QED) is 0.621. The molecule has 0 spiro atoms. The van der Waals surface area contributed by atoms with Crippen LogP contribution in [-0.2, 0) is 0 Å². The Morgan fingerprint density at radius 2 is 2.00 bits per heavy atom. The monoisotopic (exact) mass is 165 g/mol. The molecule has 0 radical (unpaired) electrons. The average molecular weight is 165 g/mol. The van der Waals surface area contributed by atoms with E-state index in [9.17, 15) is 0 Å². The fourth-order valence-corrected chi connectivity index (χ4v) is 1.49. The zero-order valence-electron chi connectivity index (χ0n) is 8.65. The molecule has 0 saturated carbocycles. The normalized spacial score (nSPS) is 17.6. The summed E-state index contributed by atoms with van der Waals surface area (Å²) in [6.45, 7) is 5.63. The standard InChI is InChI=1S/C11H19N/c1-9-5-6-11(10(9)2)7-8-12(3)4/h6H,5,7-8H2,1-4H3. The van der Waals surface area contributed by atoms with Gasteiger partial charge in [-0.15, -0.1) is 0 Å². The molecular formula is C11H19N. The molecule has 0 heterocycles. The Labute approximate surface area is 75.8 Å². The van der Waals surface area contributed by atoms with E-state index in [-0.39, 0.29) is 0 Å². The van der Waals surface area contributed by atoms with E-state index in [0.29, 0.717) is 0 Å². The number of hydrogen-bond acceptors (Lipinski definition) is 1. The van der Waals surface area contributed by atoms with Crippen molar-refractivity contribution in [2.75, 3.05) is 20.6 Å². The van der Waals surface area contributed by atoms with Crippen molar-refractivity contribution in [3.8, 4) is 0 Å². The van der Waals surface area contributed by atoms with Crippen LogP contribution in [0.3, 0.4) is 0 Å². The van der Waals surface area contributed by atoms with Crippen LogP contribution < -0.4 is 0 Å². The fraction of sp³-hybridized carbons (Fsp3) is 0.636. The zero-order valence-corrected chi connectivity index (χ0v) is 8.65. The first-order valence-corrected chi connectivity index (χ1v) is 4.61. The van der Waals surface area contributed by atoms with E-state index < -0.39 is 0 Å². The van der Waals surface area contributed by atoms with Gasteiger partial charge in [0.25, 0.3) is 0 Å². The van der Waals surface area contributed by atoms with Gasteiger partial charge in [-0.2, -0.15) is 0 Å². The number of allylic oxidation sites excluding steroid dienone is 3. The topological polar surface area (TPSA) is 3.24 Å². The molecule has 0 fully saturated rings. The second-order valence-corrected chi connectivity index (χ2v) is 3.89. The van der Waals surface area contributed by atoms with Crippen LogP contribution in [0.5, 0.6) is 0 Å². The van der Waals surface area contributed by atoms with E-state index >= 15 is 0 Å². The zero-order chi connectivity index (χ0) is 9.14. The third-order valence-electron chi connectivity index (χ3n) is 2.60. The summed E-state index contributed by atoms with van der Waals surface area (Å²) in [6, 6.07) is 0. The van der Waals surface area contributed by atoms with Gasteiger partial charge in [0.1, 0.15) is 0 Å². The van der Waals surface area contributed by atoms with Crippen molar-refractivity contribution in [1.82, 2.24) is 4.90 Å². The van der Waals surface area contributed by atoms with Gasteiger partial charge in [-0.25, -0.2) is 0 Å². The van der Waals surface area contributed by atoms with Crippen LogP contribution in [-0.4, -0.2) is 25.5 Å². The van der Waals surface area contributed by atoms with Crippen LogP contribution in [0.15, 0.2) is 22.8 Å². The molecule has 0 N–H and O–H groups in total. The molecule has 0 unspecified atom stereocenters. The predicted octanol–water partition coefficient (Wildman–Crippen LogP) is 2.60. The highest BCUT2D eigenvalue weighted by molar-refractivity contribution is 5.40. The van der Waals surface area contributed by atoms with E-state index in [1.54, 1.807) is 11.1 Å². The number of nitrogens with zero attached hydrogens (tertiary/aromatic N) is 1. The summed E-state index contributed by atoms with van der Waals surface area (Å²) in [5.41, 5.74) is 4.63. The summed E-state index contributed by atoms with van der Waals surface area (Å²) in [7, 11) is 4.25. The van der Waals surface area contributed by atoms with Crippen molar-refractivity contribution >= 4 is 0 Å². The lowest BCUT2D eigenvalue weighted by Gasteiger charge is -2.10. The van der Waals surface area contributed by atoms with Crippen LogP contribution >= 0.6 is 0 Å². The Morgan fingerprint density at radius 3 is 2.42 bits per heavy atom.